The van der Waals surface area contributed by atoms with E-state index in [0.717, 1.165) is 13.1 Å². The highest BCUT2D eigenvalue weighted by Crippen LogP contribution is 2.43. The molecule has 0 radical (unpaired) electrons. The predicted molar refractivity (Wildman–Crippen MR) is 85.0 cm³/mol. The molecule has 0 spiro atoms. The Morgan fingerprint density at radius 2 is 1.35 bits per heavy atom. The summed E-state index contributed by atoms with van der Waals surface area (Å²) in [6, 6.07) is 16.8. The number of benzene rings is 2. The minimum Gasteiger partial charge on any atom is -0.354 e. The minimum atomic E-state index is 0.719. The molecule has 0 saturated carbocycles. The zero-order chi connectivity index (χ0) is 14.4. The van der Waals surface area contributed by atoms with Gasteiger partial charge in [-0.15, -0.1) is 0 Å². The zero-order valence-corrected chi connectivity index (χ0v) is 12.7. The smallest absolute Gasteiger partial charge is 0.0526 e. The number of para-hydroxylation sites is 2. The van der Waals surface area contributed by atoms with Gasteiger partial charge >= 0.3 is 0 Å². The maximum Gasteiger partial charge on any atom is 0.0526 e. The van der Waals surface area contributed by atoms with Crippen molar-refractivity contribution in [2.45, 2.75) is 23.6 Å². The second kappa shape index (κ2) is 7.33. The molecule has 20 heavy (non-hydrogen) atoms. The molecular weight excluding hydrogens is 268 g/mol. The van der Waals surface area contributed by atoms with Gasteiger partial charge in [0.25, 0.3) is 0 Å². The number of anilines is 2. The fourth-order valence-electron chi connectivity index (χ4n) is 1.80. The third kappa shape index (κ3) is 3.76. The van der Waals surface area contributed by atoms with Crippen molar-refractivity contribution in [3.05, 3.63) is 48.5 Å². The van der Waals surface area contributed by atoms with Crippen LogP contribution in [0.25, 0.3) is 0 Å². The van der Waals surface area contributed by atoms with Crippen molar-refractivity contribution in [3.8, 4) is 0 Å². The van der Waals surface area contributed by atoms with Gasteiger partial charge in [0.2, 0.25) is 0 Å². The van der Waals surface area contributed by atoms with E-state index < -0.39 is 0 Å². The Kier molecular flexibility index (Phi) is 5.47. The van der Waals surface area contributed by atoms with Crippen molar-refractivity contribution in [1.29, 1.82) is 0 Å². The monoisotopic (exact) mass is 288 g/mol. The zero-order valence-electron chi connectivity index (χ0n) is 11.8. The number of nitrogens with zero attached hydrogens (tertiary/aromatic N) is 1. The Balaban J connectivity index is 0.000000212. The minimum absolute atomic E-state index is 0.719. The summed E-state index contributed by atoms with van der Waals surface area (Å²) in [4.78, 5) is 2.59. The topological polar surface area (TPSA) is 35.5 Å². The van der Waals surface area contributed by atoms with Crippen LogP contribution in [0.3, 0.4) is 0 Å². The molecule has 1 aliphatic rings. The fraction of sp³-hybridized carbons (Fsp3) is 0.250. The quantitative estimate of drug-likeness (QED) is 0.675. The summed E-state index contributed by atoms with van der Waals surface area (Å²) in [6.07, 6.45) is 0. The van der Waals surface area contributed by atoms with Crippen molar-refractivity contribution < 1.29 is 5.21 Å². The molecule has 0 amide bonds. The highest BCUT2D eigenvalue weighted by Gasteiger charge is 2.13. The number of nitrogens with one attached hydrogen (secondary N) is 1. The van der Waals surface area contributed by atoms with E-state index in [1.165, 1.54) is 26.2 Å². The van der Waals surface area contributed by atoms with E-state index in [9.17, 15) is 0 Å². The first-order valence-corrected chi connectivity index (χ1v) is 7.63. The fourth-order valence-corrected chi connectivity index (χ4v) is 2.79. The first-order valence-electron chi connectivity index (χ1n) is 6.81. The standard InChI is InChI=1S/C12H9NS.C4H11NO/c1-3-7-11-9(5-1)13-10-6-2-4-8-12(10)14-11;1-3-5(6)4-2/h1-8,13H;6H,3-4H2,1-2H3. The van der Waals surface area contributed by atoms with Crippen LogP contribution in [0.4, 0.5) is 11.4 Å². The number of hydrogen-bond acceptors (Lipinski definition) is 4. The number of hydrogen-bond donors (Lipinski definition) is 2. The van der Waals surface area contributed by atoms with E-state index in [1.54, 1.807) is 0 Å². The predicted octanol–water partition coefficient (Wildman–Crippen LogP) is 4.61. The van der Waals surface area contributed by atoms with Crippen LogP contribution in [0.1, 0.15) is 13.8 Å². The lowest BCUT2D eigenvalue weighted by Crippen LogP contribution is -2.16. The SMILES string of the molecule is CCN(O)CC.c1ccc2c(c1)Nc1ccccc1S2. The lowest BCUT2D eigenvalue weighted by atomic mass is 10.2. The molecule has 3 nitrogen and oxygen atoms in total. The molecule has 0 fully saturated rings. The molecule has 3 rings (SSSR count). The molecule has 0 aliphatic carbocycles. The summed E-state index contributed by atoms with van der Waals surface area (Å²) in [5.74, 6) is 0. The molecule has 2 N–H and O–H groups in total. The van der Waals surface area contributed by atoms with Gasteiger partial charge in [-0.1, -0.05) is 49.9 Å². The largest absolute Gasteiger partial charge is 0.354 e. The molecule has 0 aromatic heterocycles. The molecule has 1 heterocycles. The third-order valence-electron chi connectivity index (χ3n) is 2.99. The van der Waals surface area contributed by atoms with Gasteiger partial charge < -0.3 is 10.5 Å². The first kappa shape index (κ1) is 14.9. The summed E-state index contributed by atoms with van der Waals surface area (Å²) in [5.41, 5.74) is 2.41. The average Bonchev–Trinajstić information content (AvgIpc) is 2.52. The summed E-state index contributed by atoms with van der Waals surface area (Å²) >= 11 is 1.82. The van der Waals surface area contributed by atoms with Crippen molar-refractivity contribution >= 4 is 23.1 Å². The molecule has 106 valence electrons. The Morgan fingerprint density at radius 3 is 1.75 bits per heavy atom. The maximum atomic E-state index is 8.50. The number of fused-ring (bicyclic) bond motifs is 2. The molecule has 0 atom stereocenters. The van der Waals surface area contributed by atoms with Gasteiger partial charge in [0, 0.05) is 22.9 Å². The summed E-state index contributed by atoms with van der Waals surface area (Å²) in [7, 11) is 0. The van der Waals surface area contributed by atoms with Crippen LogP contribution in [0.5, 0.6) is 0 Å². The highest BCUT2D eigenvalue weighted by molar-refractivity contribution is 7.99. The van der Waals surface area contributed by atoms with Crippen LogP contribution in [0.15, 0.2) is 58.3 Å². The summed E-state index contributed by atoms with van der Waals surface area (Å²) in [5, 5.41) is 13.2. The van der Waals surface area contributed by atoms with Gasteiger partial charge in [-0.3, -0.25) is 0 Å². The molecule has 2 aromatic rings. The van der Waals surface area contributed by atoms with Gasteiger partial charge in [0.05, 0.1) is 11.4 Å². The van der Waals surface area contributed by atoms with Crippen molar-refractivity contribution in [2.24, 2.45) is 0 Å². The molecule has 1 aliphatic heterocycles. The summed E-state index contributed by atoms with van der Waals surface area (Å²) in [6.45, 7) is 5.25. The Morgan fingerprint density at radius 1 is 0.900 bits per heavy atom. The molecule has 0 unspecified atom stereocenters. The molecular formula is C16H20N2OS. The van der Waals surface area contributed by atoms with Crippen LogP contribution in [0, 0.1) is 0 Å². The molecule has 2 aromatic carbocycles. The Hall–Kier alpha value is -1.49. The second-order valence-corrected chi connectivity index (χ2v) is 5.44. The van der Waals surface area contributed by atoms with E-state index in [2.05, 4.69) is 53.8 Å². The van der Waals surface area contributed by atoms with Crippen molar-refractivity contribution in [1.82, 2.24) is 5.06 Å². The van der Waals surface area contributed by atoms with Crippen molar-refractivity contribution in [2.75, 3.05) is 18.4 Å². The van der Waals surface area contributed by atoms with Crippen LogP contribution in [-0.2, 0) is 0 Å². The molecule has 0 bridgehead atoms. The number of rotatable bonds is 2. The van der Waals surface area contributed by atoms with Crippen LogP contribution >= 0.6 is 11.8 Å². The first-order chi connectivity index (χ1) is 9.74. The van der Waals surface area contributed by atoms with Crippen molar-refractivity contribution in [3.63, 3.8) is 0 Å². The van der Waals surface area contributed by atoms with Gasteiger partial charge in [-0.05, 0) is 24.3 Å². The number of hydroxylamine groups is 2. The lowest BCUT2D eigenvalue weighted by Gasteiger charge is -2.19. The van der Waals surface area contributed by atoms with Gasteiger partial charge in [0.15, 0.2) is 0 Å². The second-order valence-electron chi connectivity index (χ2n) is 4.36. The third-order valence-corrected chi connectivity index (χ3v) is 4.15. The van der Waals surface area contributed by atoms with Crippen LogP contribution in [0.2, 0.25) is 0 Å². The maximum absolute atomic E-state index is 8.50. The van der Waals surface area contributed by atoms with E-state index in [0.29, 0.717) is 0 Å². The normalized spacial score (nSPS) is 11.8. The van der Waals surface area contributed by atoms with E-state index in [1.807, 2.05) is 25.6 Å². The van der Waals surface area contributed by atoms with Crippen LogP contribution in [-0.4, -0.2) is 23.4 Å². The molecule has 4 heteroatoms. The average molecular weight is 288 g/mol. The van der Waals surface area contributed by atoms with E-state index in [4.69, 9.17) is 5.21 Å². The van der Waals surface area contributed by atoms with Gasteiger partial charge in [-0.25, -0.2) is 0 Å². The van der Waals surface area contributed by atoms with E-state index in [-0.39, 0.29) is 0 Å². The van der Waals surface area contributed by atoms with Gasteiger partial charge in [0.1, 0.15) is 0 Å². The molecule has 0 saturated heterocycles. The van der Waals surface area contributed by atoms with Crippen LogP contribution < -0.4 is 5.32 Å². The van der Waals surface area contributed by atoms with Gasteiger partial charge in [-0.2, -0.15) is 5.06 Å². The van der Waals surface area contributed by atoms with E-state index >= 15 is 0 Å². The Labute approximate surface area is 124 Å². The summed E-state index contributed by atoms with van der Waals surface area (Å²) < 4.78 is 0. The Bertz CT molecular complexity index is 468. The highest BCUT2D eigenvalue weighted by atomic mass is 32.2. The lowest BCUT2D eigenvalue weighted by molar-refractivity contribution is -0.0813.